The van der Waals surface area contributed by atoms with Crippen molar-refractivity contribution >= 4 is 17.5 Å². The molecule has 1 atom stereocenters. The minimum Gasteiger partial charge on any atom is -0.358 e. The summed E-state index contributed by atoms with van der Waals surface area (Å²) >= 11 is 0. The van der Waals surface area contributed by atoms with E-state index in [4.69, 9.17) is 5.26 Å². The number of benzene rings is 1. The molecular formula is C15H20N4O2. The summed E-state index contributed by atoms with van der Waals surface area (Å²) < 4.78 is 0. The number of nitrogens with one attached hydrogen (secondary N) is 2. The molecule has 1 unspecified atom stereocenters. The highest BCUT2D eigenvalue weighted by Crippen LogP contribution is 2.14. The molecule has 0 aliphatic heterocycles. The Bertz CT molecular complexity index is 551. The van der Waals surface area contributed by atoms with E-state index >= 15 is 0 Å². The predicted molar refractivity (Wildman–Crippen MR) is 80.6 cm³/mol. The van der Waals surface area contributed by atoms with E-state index in [1.165, 1.54) is 0 Å². The number of carbonyl (C=O) groups excluding carboxylic acids is 2. The van der Waals surface area contributed by atoms with Gasteiger partial charge in [-0.2, -0.15) is 5.26 Å². The van der Waals surface area contributed by atoms with Gasteiger partial charge in [-0.05, 0) is 25.6 Å². The molecule has 1 aromatic rings. The number of amides is 2. The van der Waals surface area contributed by atoms with Gasteiger partial charge in [0.15, 0.2) is 0 Å². The van der Waals surface area contributed by atoms with Crippen molar-refractivity contribution in [3.63, 3.8) is 0 Å². The predicted octanol–water partition coefficient (Wildman–Crippen LogP) is 0.953. The number of anilines is 1. The number of nitrogens with zero attached hydrogens (tertiary/aromatic N) is 2. The highest BCUT2D eigenvalue weighted by atomic mass is 16.2. The van der Waals surface area contributed by atoms with E-state index in [-0.39, 0.29) is 18.4 Å². The molecule has 0 saturated carbocycles. The van der Waals surface area contributed by atoms with Crippen molar-refractivity contribution < 1.29 is 9.59 Å². The lowest BCUT2D eigenvalue weighted by atomic mass is 10.2. The normalized spacial score (nSPS) is 11.6. The number of nitriles is 1. The number of hydrogen-bond donors (Lipinski definition) is 2. The van der Waals surface area contributed by atoms with E-state index in [0.717, 1.165) is 0 Å². The summed E-state index contributed by atoms with van der Waals surface area (Å²) in [5.41, 5.74) is 0.889. The lowest BCUT2D eigenvalue weighted by Gasteiger charge is -2.26. The highest BCUT2D eigenvalue weighted by Gasteiger charge is 2.22. The minimum absolute atomic E-state index is 0.145. The van der Waals surface area contributed by atoms with Crippen molar-refractivity contribution in [3.05, 3.63) is 29.8 Å². The molecule has 1 aromatic carbocycles. The Morgan fingerprint density at radius 2 is 2.05 bits per heavy atom. The summed E-state index contributed by atoms with van der Waals surface area (Å²) in [7, 11) is 1.56. The first kappa shape index (κ1) is 16.7. The van der Waals surface area contributed by atoms with E-state index in [9.17, 15) is 9.59 Å². The van der Waals surface area contributed by atoms with Crippen LogP contribution in [0.2, 0.25) is 0 Å². The fraction of sp³-hybridized carbons (Fsp3) is 0.400. The molecule has 0 aromatic heterocycles. The van der Waals surface area contributed by atoms with Crippen LogP contribution in [0.4, 0.5) is 5.69 Å². The summed E-state index contributed by atoms with van der Waals surface area (Å²) in [6.07, 6.45) is 0. The Morgan fingerprint density at radius 1 is 1.38 bits per heavy atom. The van der Waals surface area contributed by atoms with E-state index < -0.39 is 6.04 Å². The summed E-state index contributed by atoms with van der Waals surface area (Å²) in [6.45, 7) is 4.34. The smallest absolute Gasteiger partial charge is 0.241 e. The second-order valence-electron chi connectivity index (χ2n) is 4.56. The van der Waals surface area contributed by atoms with Crippen LogP contribution in [0.15, 0.2) is 24.3 Å². The summed E-state index contributed by atoms with van der Waals surface area (Å²) in [4.78, 5) is 25.4. The second-order valence-corrected chi connectivity index (χ2v) is 4.56. The molecule has 112 valence electrons. The van der Waals surface area contributed by atoms with Crippen LogP contribution in [0.3, 0.4) is 0 Å². The van der Waals surface area contributed by atoms with Crippen LogP contribution in [-0.4, -0.2) is 42.9 Å². The Hall–Kier alpha value is -2.39. The van der Waals surface area contributed by atoms with Crippen molar-refractivity contribution in [2.45, 2.75) is 19.9 Å². The zero-order valence-electron chi connectivity index (χ0n) is 12.5. The van der Waals surface area contributed by atoms with Crippen molar-refractivity contribution in [1.29, 1.82) is 5.26 Å². The molecule has 0 spiro atoms. The monoisotopic (exact) mass is 288 g/mol. The van der Waals surface area contributed by atoms with Crippen molar-refractivity contribution in [1.82, 2.24) is 10.2 Å². The van der Waals surface area contributed by atoms with Crippen molar-refractivity contribution in [3.8, 4) is 6.07 Å². The molecule has 6 nitrogen and oxygen atoms in total. The number of para-hydroxylation sites is 1. The molecular weight excluding hydrogens is 268 g/mol. The maximum Gasteiger partial charge on any atom is 0.241 e. The van der Waals surface area contributed by atoms with Gasteiger partial charge < -0.3 is 10.6 Å². The molecule has 0 fully saturated rings. The van der Waals surface area contributed by atoms with E-state index in [1.807, 2.05) is 13.0 Å². The van der Waals surface area contributed by atoms with Gasteiger partial charge in [-0.15, -0.1) is 0 Å². The SMILES string of the molecule is CCN(CC(=O)NC)C(C)C(=O)Nc1ccccc1C#N. The topological polar surface area (TPSA) is 85.2 Å². The van der Waals surface area contributed by atoms with Crippen LogP contribution in [0.5, 0.6) is 0 Å². The average Bonchev–Trinajstić information content (AvgIpc) is 2.51. The third-order valence-corrected chi connectivity index (χ3v) is 3.26. The quantitative estimate of drug-likeness (QED) is 0.816. The van der Waals surface area contributed by atoms with Gasteiger partial charge in [-0.3, -0.25) is 14.5 Å². The Kier molecular flexibility index (Phi) is 6.37. The van der Waals surface area contributed by atoms with Gasteiger partial charge in [0.2, 0.25) is 11.8 Å². The summed E-state index contributed by atoms with van der Waals surface area (Å²) in [5, 5.41) is 14.3. The number of rotatable bonds is 6. The van der Waals surface area contributed by atoms with Gasteiger partial charge in [0.25, 0.3) is 0 Å². The minimum atomic E-state index is -0.473. The van der Waals surface area contributed by atoms with E-state index in [2.05, 4.69) is 10.6 Å². The summed E-state index contributed by atoms with van der Waals surface area (Å²) in [6, 6.07) is 8.37. The second kappa shape index (κ2) is 8.02. The van der Waals surface area contributed by atoms with Crippen LogP contribution < -0.4 is 10.6 Å². The first-order valence-electron chi connectivity index (χ1n) is 6.78. The fourth-order valence-electron chi connectivity index (χ4n) is 1.88. The van der Waals surface area contributed by atoms with Gasteiger partial charge in [0.05, 0.1) is 23.8 Å². The maximum absolute atomic E-state index is 12.3. The zero-order valence-corrected chi connectivity index (χ0v) is 12.5. The van der Waals surface area contributed by atoms with Gasteiger partial charge in [0, 0.05) is 7.05 Å². The van der Waals surface area contributed by atoms with Gasteiger partial charge in [-0.25, -0.2) is 0 Å². The first-order valence-corrected chi connectivity index (χ1v) is 6.78. The van der Waals surface area contributed by atoms with Crippen LogP contribution in [0, 0.1) is 11.3 Å². The van der Waals surface area contributed by atoms with Crippen LogP contribution in [-0.2, 0) is 9.59 Å². The van der Waals surface area contributed by atoms with E-state index in [0.29, 0.717) is 17.8 Å². The lowest BCUT2D eigenvalue weighted by molar-refractivity contribution is -0.125. The highest BCUT2D eigenvalue weighted by molar-refractivity contribution is 5.96. The molecule has 2 N–H and O–H groups in total. The van der Waals surface area contributed by atoms with Crippen molar-refractivity contribution in [2.75, 3.05) is 25.5 Å². The Labute approximate surface area is 124 Å². The number of carbonyl (C=O) groups is 2. The molecule has 1 rings (SSSR count). The Balaban J connectivity index is 2.78. The molecule has 2 amide bonds. The summed E-state index contributed by atoms with van der Waals surface area (Å²) in [5.74, 6) is -0.391. The van der Waals surface area contributed by atoms with Crippen LogP contribution >= 0.6 is 0 Å². The molecule has 21 heavy (non-hydrogen) atoms. The van der Waals surface area contributed by atoms with Gasteiger partial charge in [0.1, 0.15) is 6.07 Å². The largest absolute Gasteiger partial charge is 0.358 e. The third kappa shape index (κ3) is 4.58. The van der Waals surface area contributed by atoms with E-state index in [1.54, 1.807) is 43.1 Å². The molecule has 0 bridgehead atoms. The third-order valence-electron chi connectivity index (χ3n) is 3.26. The molecule has 0 radical (unpaired) electrons. The number of hydrogen-bond acceptors (Lipinski definition) is 4. The lowest BCUT2D eigenvalue weighted by Crippen LogP contribution is -2.46. The molecule has 0 saturated heterocycles. The zero-order chi connectivity index (χ0) is 15.8. The number of likely N-dealkylation sites (N-methyl/N-ethyl adjacent to an activating group) is 2. The fourth-order valence-corrected chi connectivity index (χ4v) is 1.88. The first-order chi connectivity index (χ1) is 10.0. The van der Waals surface area contributed by atoms with Gasteiger partial charge in [-0.1, -0.05) is 19.1 Å². The molecule has 0 heterocycles. The standard InChI is InChI=1S/C15H20N4O2/c1-4-19(10-14(20)17-3)11(2)15(21)18-13-8-6-5-7-12(13)9-16/h5-8,11H,4,10H2,1-3H3,(H,17,20)(H,18,21). The van der Waals surface area contributed by atoms with Crippen LogP contribution in [0.25, 0.3) is 0 Å². The Morgan fingerprint density at radius 3 is 2.62 bits per heavy atom. The molecule has 0 aliphatic rings. The average molecular weight is 288 g/mol. The molecule has 6 heteroatoms. The van der Waals surface area contributed by atoms with Gasteiger partial charge >= 0.3 is 0 Å². The maximum atomic E-state index is 12.3. The van der Waals surface area contributed by atoms with Crippen molar-refractivity contribution in [2.24, 2.45) is 0 Å². The van der Waals surface area contributed by atoms with Crippen LogP contribution in [0.1, 0.15) is 19.4 Å². The molecule has 0 aliphatic carbocycles.